The summed E-state index contributed by atoms with van der Waals surface area (Å²) in [5, 5.41) is 2.65. The summed E-state index contributed by atoms with van der Waals surface area (Å²) in [6.45, 7) is 20.4. The molecule has 3 unspecified atom stereocenters. The monoisotopic (exact) mass is 579 g/mol. The van der Waals surface area contributed by atoms with Gasteiger partial charge in [0.2, 0.25) is 22.5 Å². The van der Waals surface area contributed by atoms with Crippen molar-refractivity contribution in [3.8, 4) is 5.75 Å². The molecule has 37 heavy (non-hydrogen) atoms. The van der Waals surface area contributed by atoms with Crippen LogP contribution in [0.3, 0.4) is 0 Å². The summed E-state index contributed by atoms with van der Waals surface area (Å²) in [6, 6.07) is 6.33. The summed E-state index contributed by atoms with van der Waals surface area (Å²) >= 11 is 1.55. The van der Waals surface area contributed by atoms with Crippen LogP contribution in [0.4, 0.5) is 0 Å². The van der Waals surface area contributed by atoms with Crippen molar-refractivity contribution in [2.75, 3.05) is 5.75 Å². The molecule has 2 amide bonds. The number of fused-ring (bicyclic) bond motifs is 1. The molecule has 0 aromatic heterocycles. The Morgan fingerprint density at radius 2 is 1.59 bits per heavy atom. The maximum atomic E-state index is 13.6. The number of β-lactam (4-membered cyclic amide) rings is 1. The minimum absolute atomic E-state index is 0.252. The first-order chi connectivity index (χ1) is 16.9. The molecule has 1 aromatic carbocycles. The first-order valence-electron chi connectivity index (χ1n) is 12.6. The van der Waals surface area contributed by atoms with Crippen molar-refractivity contribution in [1.29, 1.82) is 0 Å². The minimum atomic E-state index is -2.13. The number of amides is 2. The highest BCUT2D eigenvalue weighted by atomic mass is 32.2. The summed E-state index contributed by atoms with van der Waals surface area (Å²) in [6.07, 6.45) is 0. The van der Waals surface area contributed by atoms with Gasteiger partial charge in [-0.1, -0.05) is 31.8 Å². The number of nitrogens with one attached hydrogen (secondary N) is 2. The third-order valence-corrected chi connectivity index (χ3v) is 9.75. The van der Waals surface area contributed by atoms with Gasteiger partial charge in [-0.15, -0.1) is 11.8 Å². The van der Waals surface area contributed by atoms with Crippen molar-refractivity contribution < 1.29 is 23.2 Å². The van der Waals surface area contributed by atoms with Crippen LogP contribution in [0.5, 0.6) is 5.75 Å². The van der Waals surface area contributed by atoms with E-state index in [-0.39, 0.29) is 17.2 Å². The zero-order chi connectivity index (χ0) is 27.9. The SMILES string of the molecule is CC1=C(C(=O)O[Si](C)(C)C)N2C(=O)C(NC(=O)C(N[Si](C)(C)C)c3ccc(O[Si](C)(C)C)cc3)C2SC1. The van der Waals surface area contributed by atoms with E-state index in [0.717, 1.165) is 16.9 Å². The molecule has 8 nitrogen and oxygen atoms in total. The van der Waals surface area contributed by atoms with Gasteiger partial charge >= 0.3 is 5.97 Å². The number of hydrogen-bond acceptors (Lipinski definition) is 7. The van der Waals surface area contributed by atoms with Gasteiger partial charge in [-0.05, 0) is 69.5 Å². The second-order valence-electron chi connectivity index (χ2n) is 12.6. The number of benzene rings is 1. The summed E-state index contributed by atoms with van der Waals surface area (Å²) in [4.78, 5) is 44.7. The van der Waals surface area contributed by atoms with E-state index in [1.807, 2.05) is 50.8 Å². The third kappa shape index (κ3) is 7.59. The predicted octanol–water partition coefficient (Wildman–Crippen LogP) is 4.42. The average molecular weight is 580 g/mol. The lowest BCUT2D eigenvalue weighted by Gasteiger charge is -2.50. The highest BCUT2D eigenvalue weighted by Crippen LogP contribution is 2.41. The number of carbonyl (C=O) groups is 3. The van der Waals surface area contributed by atoms with E-state index in [9.17, 15) is 14.4 Å². The number of hydrogen-bond donors (Lipinski definition) is 2. The summed E-state index contributed by atoms with van der Waals surface area (Å²) in [5.41, 5.74) is 1.97. The Bertz CT molecular complexity index is 1090. The zero-order valence-corrected chi connectivity index (χ0v) is 27.5. The van der Waals surface area contributed by atoms with Crippen LogP contribution in [0.1, 0.15) is 18.5 Å². The van der Waals surface area contributed by atoms with E-state index in [0.29, 0.717) is 11.4 Å². The Morgan fingerprint density at radius 3 is 2.11 bits per heavy atom. The fourth-order valence-electron chi connectivity index (χ4n) is 4.14. The summed E-state index contributed by atoms with van der Waals surface area (Å²) in [5.74, 6) is 0.416. The second-order valence-corrected chi connectivity index (χ2v) is 27.4. The second kappa shape index (κ2) is 10.7. The number of nitrogens with zero attached hydrogens (tertiary/aromatic N) is 1. The van der Waals surface area contributed by atoms with E-state index in [1.165, 1.54) is 4.90 Å². The van der Waals surface area contributed by atoms with Crippen LogP contribution in [0.15, 0.2) is 35.5 Å². The number of rotatable bonds is 9. The lowest BCUT2D eigenvalue weighted by Crippen LogP contribution is -2.71. The molecular weight excluding hydrogens is 539 g/mol. The molecule has 0 radical (unpaired) electrons. The molecule has 3 atom stereocenters. The van der Waals surface area contributed by atoms with Gasteiger partial charge in [-0.3, -0.25) is 14.5 Å². The summed E-state index contributed by atoms with van der Waals surface area (Å²) < 4.78 is 11.8. The molecule has 0 saturated carbocycles. The van der Waals surface area contributed by atoms with Crippen molar-refractivity contribution in [2.24, 2.45) is 0 Å². The zero-order valence-electron chi connectivity index (χ0n) is 23.6. The molecule has 12 heteroatoms. The van der Waals surface area contributed by atoms with Crippen LogP contribution in [-0.2, 0) is 18.8 Å². The molecule has 1 fully saturated rings. The molecule has 204 valence electrons. The number of carbonyl (C=O) groups excluding carboxylic acids is 3. The first kappa shape index (κ1) is 29.7. The van der Waals surface area contributed by atoms with E-state index >= 15 is 0 Å². The van der Waals surface area contributed by atoms with Crippen LogP contribution in [-0.4, -0.2) is 64.7 Å². The maximum Gasteiger partial charge on any atom is 0.341 e. The molecule has 0 bridgehead atoms. The quantitative estimate of drug-likeness (QED) is 0.330. The first-order valence-corrected chi connectivity index (χ1v) is 24.0. The molecule has 1 aromatic rings. The van der Waals surface area contributed by atoms with Gasteiger partial charge in [0.1, 0.15) is 37.1 Å². The van der Waals surface area contributed by atoms with E-state index < -0.39 is 42.9 Å². The highest BCUT2D eigenvalue weighted by molar-refractivity contribution is 8.00. The molecule has 3 rings (SSSR count). The molecule has 1 saturated heterocycles. The van der Waals surface area contributed by atoms with Crippen LogP contribution in [0, 0.1) is 0 Å². The largest absolute Gasteiger partial charge is 0.544 e. The molecular formula is C25H41N3O5SSi3. The Kier molecular flexibility index (Phi) is 8.60. The van der Waals surface area contributed by atoms with Gasteiger partial charge in [0, 0.05) is 5.75 Å². The van der Waals surface area contributed by atoms with Crippen molar-refractivity contribution in [3.63, 3.8) is 0 Å². The fraction of sp³-hybridized carbons (Fsp3) is 0.560. The molecule has 0 aliphatic carbocycles. The van der Waals surface area contributed by atoms with Gasteiger partial charge in [0.05, 0.1) is 0 Å². The smallest absolute Gasteiger partial charge is 0.341 e. The molecule has 2 aliphatic rings. The van der Waals surface area contributed by atoms with Crippen LogP contribution in [0.2, 0.25) is 58.9 Å². The van der Waals surface area contributed by atoms with Crippen LogP contribution in [0.25, 0.3) is 0 Å². The Balaban J connectivity index is 1.78. The maximum absolute atomic E-state index is 13.6. The van der Waals surface area contributed by atoms with Crippen molar-refractivity contribution in [1.82, 2.24) is 15.2 Å². The van der Waals surface area contributed by atoms with E-state index in [2.05, 4.69) is 49.6 Å². The van der Waals surface area contributed by atoms with E-state index in [1.54, 1.807) is 11.8 Å². The lowest BCUT2D eigenvalue weighted by atomic mass is 10.0. The van der Waals surface area contributed by atoms with Crippen molar-refractivity contribution in [2.45, 2.75) is 83.3 Å². The molecule has 2 aliphatic heterocycles. The van der Waals surface area contributed by atoms with Gasteiger partial charge in [0.15, 0.2) is 0 Å². The van der Waals surface area contributed by atoms with Gasteiger partial charge in [0.25, 0.3) is 5.91 Å². The third-order valence-electron chi connectivity index (χ3n) is 5.53. The molecule has 0 spiro atoms. The number of thioether (sulfide) groups is 1. The van der Waals surface area contributed by atoms with Crippen LogP contribution < -0.4 is 14.7 Å². The topological polar surface area (TPSA) is 97.0 Å². The standard InChI is InChI=1S/C25H41N3O5SSi3/c1-16-15-34-24-20(23(30)28(24)21(16)25(31)33-37(8,9)10)26-22(29)19(27-35(2,3)4)17-11-13-18(14-12-17)32-36(5,6)7/h11-14,19-20,24,27H,15H2,1-10H3,(H,26,29). The normalized spacial score (nSPS) is 21.1. The fourth-order valence-corrected chi connectivity index (χ4v) is 8.09. The van der Waals surface area contributed by atoms with Gasteiger partial charge in [-0.25, -0.2) is 4.79 Å². The minimum Gasteiger partial charge on any atom is -0.544 e. The molecule has 2 heterocycles. The molecule has 2 N–H and O–H groups in total. The van der Waals surface area contributed by atoms with Gasteiger partial charge in [-0.2, -0.15) is 0 Å². The van der Waals surface area contributed by atoms with Gasteiger partial charge < -0.3 is 19.2 Å². The predicted molar refractivity (Wildman–Crippen MR) is 157 cm³/mol. The Morgan fingerprint density at radius 1 is 1.00 bits per heavy atom. The summed E-state index contributed by atoms with van der Waals surface area (Å²) in [7, 11) is -5.75. The average Bonchev–Trinajstić information content (AvgIpc) is 2.73. The Hall–Kier alpha value is -1.87. The van der Waals surface area contributed by atoms with E-state index in [4.69, 9.17) is 8.85 Å². The lowest BCUT2D eigenvalue weighted by molar-refractivity contribution is -0.150. The van der Waals surface area contributed by atoms with Crippen LogP contribution >= 0.6 is 11.8 Å². The van der Waals surface area contributed by atoms with Crippen molar-refractivity contribution in [3.05, 3.63) is 41.1 Å². The van der Waals surface area contributed by atoms with Crippen molar-refractivity contribution >= 4 is 54.4 Å². The highest BCUT2D eigenvalue weighted by Gasteiger charge is 2.54. The Labute approximate surface area is 228 Å².